The first-order valence-corrected chi connectivity index (χ1v) is 11.8. The third kappa shape index (κ3) is 4.09. The lowest BCUT2D eigenvalue weighted by Gasteiger charge is -2.29. The molecule has 1 saturated heterocycles. The van der Waals surface area contributed by atoms with Crippen LogP contribution in [0.2, 0.25) is 0 Å². The summed E-state index contributed by atoms with van der Waals surface area (Å²) >= 11 is 0. The van der Waals surface area contributed by atoms with E-state index in [4.69, 9.17) is 9.15 Å². The summed E-state index contributed by atoms with van der Waals surface area (Å²) in [5, 5.41) is 0.534. The number of fused-ring (bicyclic) bond motifs is 2. The zero-order valence-corrected chi connectivity index (χ0v) is 19.3. The minimum absolute atomic E-state index is 0.108. The molecule has 3 aromatic rings. The summed E-state index contributed by atoms with van der Waals surface area (Å²) in [7, 11) is 0. The molecule has 0 N–H and O–H groups in total. The van der Waals surface area contributed by atoms with Crippen LogP contribution >= 0.6 is 0 Å². The fourth-order valence-corrected chi connectivity index (χ4v) is 4.94. The largest absolute Gasteiger partial charge is 0.450 e. The molecular formula is C27H30N2O4. The van der Waals surface area contributed by atoms with Crippen LogP contribution in [0.3, 0.4) is 0 Å². The number of morpholine rings is 1. The van der Waals surface area contributed by atoms with Gasteiger partial charge in [0, 0.05) is 26.2 Å². The van der Waals surface area contributed by atoms with Crippen LogP contribution in [0.15, 0.2) is 51.7 Å². The molecule has 2 aromatic carbocycles. The van der Waals surface area contributed by atoms with E-state index in [-0.39, 0.29) is 17.1 Å². The van der Waals surface area contributed by atoms with E-state index >= 15 is 0 Å². The second-order valence-electron chi connectivity index (χ2n) is 8.98. The molecule has 0 spiro atoms. The van der Waals surface area contributed by atoms with Gasteiger partial charge in [-0.25, -0.2) is 0 Å². The van der Waals surface area contributed by atoms with Gasteiger partial charge >= 0.3 is 0 Å². The lowest BCUT2D eigenvalue weighted by molar-refractivity contribution is 0.0353. The number of ether oxygens (including phenoxy) is 1. The number of rotatable bonds is 6. The first kappa shape index (κ1) is 21.9. The molecule has 33 heavy (non-hydrogen) atoms. The zero-order valence-electron chi connectivity index (χ0n) is 19.3. The third-order valence-electron chi connectivity index (χ3n) is 6.80. The highest BCUT2D eigenvalue weighted by molar-refractivity contribution is 5.99. The summed E-state index contributed by atoms with van der Waals surface area (Å²) < 4.78 is 11.5. The maximum Gasteiger partial charge on any atom is 0.290 e. The molecule has 1 amide bonds. The molecule has 0 saturated carbocycles. The molecule has 3 heterocycles. The van der Waals surface area contributed by atoms with E-state index in [2.05, 4.69) is 24.0 Å². The van der Waals surface area contributed by atoms with Gasteiger partial charge < -0.3 is 14.1 Å². The van der Waals surface area contributed by atoms with Crippen LogP contribution in [0.5, 0.6) is 0 Å². The monoisotopic (exact) mass is 446 g/mol. The normalized spacial score (nSPS) is 18.8. The van der Waals surface area contributed by atoms with Gasteiger partial charge in [0.05, 0.1) is 30.2 Å². The standard InChI is InChI=1S/C27H30N2O4/c1-3-19-6-8-20(9-7-19)24-23-25(30)21-17-18(2)5-10-22(21)33-26(23)27(31)29(24)12-4-11-28-13-15-32-16-14-28/h5-10,17,24H,3-4,11-16H2,1-2H3. The van der Waals surface area contributed by atoms with Gasteiger partial charge in [-0.3, -0.25) is 14.5 Å². The van der Waals surface area contributed by atoms with Crippen molar-refractivity contribution in [3.8, 4) is 0 Å². The molecule has 1 aromatic heterocycles. The van der Waals surface area contributed by atoms with E-state index in [0.29, 0.717) is 23.1 Å². The Morgan fingerprint density at radius 3 is 2.48 bits per heavy atom. The van der Waals surface area contributed by atoms with Gasteiger partial charge in [-0.1, -0.05) is 42.8 Å². The van der Waals surface area contributed by atoms with E-state index in [0.717, 1.165) is 56.8 Å². The number of carbonyl (C=O) groups excluding carboxylic acids is 1. The first-order chi connectivity index (χ1) is 16.1. The van der Waals surface area contributed by atoms with Crippen LogP contribution in [0, 0.1) is 6.92 Å². The zero-order chi connectivity index (χ0) is 22.9. The Balaban J connectivity index is 1.53. The van der Waals surface area contributed by atoms with Gasteiger partial charge in [0.2, 0.25) is 5.76 Å². The predicted octanol–water partition coefficient (Wildman–Crippen LogP) is 3.93. The van der Waals surface area contributed by atoms with E-state index < -0.39 is 6.04 Å². The first-order valence-electron chi connectivity index (χ1n) is 11.8. The average Bonchev–Trinajstić information content (AvgIpc) is 3.12. The highest BCUT2D eigenvalue weighted by Crippen LogP contribution is 2.38. The number of nitrogens with zero attached hydrogens (tertiary/aromatic N) is 2. The highest BCUT2D eigenvalue weighted by Gasteiger charge is 2.42. The molecule has 2 aliphatic heterocycles. The Kier molecular flexibility index (Phi) is 6.04. The highest BCUT2D eigenvalue weighted by atomic mass is 16.5. The Labute approximate surface area is 193 Å². The van der Waals surface area contributed by atoms with E-state index in [1.807, 2.05) is 36.1 Å². The molecule has 0 radical (unpaired) electrons. The molecule has 6 heteroatoms. The summed E-state index contributed by atoms with van der Waals surface area (Å²) in [6.45, 7) is 8.88. The van der Waals surface area contributed by atoms with Gasteiger partial charge in [0.1, 0.15) is 5.58 Å². The quantitative estimate of drug-likeness (QED) is 0.574. The van der Waals surface area contributed by atoms with Gasteiger partial charge in [0.25, 0.3) is 5.91 Å². The summed E-state index contributed by atoms with van der Waals surface area (Å²) in [6.07, 6.45) is 1.77. The SMILES string of the molecule is CCc1ccc(C2c3c(oc4ccc(C)cc4c3=O)C(=O)N2CCCN2CCOCC2)cc1. The summed E-state index contributed by atoms with van der Waals surface area (Å²) in [5.74, 6) is -0.0107. The number of amides is 1. The lowest BCUT2D eigenvalue weighted by Crippen LogP contribution is -2.38. The van der Waals surface area contributed by atoms with Crippen molar-refractivity contribution in [3.05, 3.63) is 80.7 Å². The maximum atomic E-state index is 13.6. The number of aryl methyl sites for hydroxylation is 2. The van der Waals surface area contributed by atoms with Gasteiger partial charge in [-0.15, -0.1) is 0 Å². The third-order valence-corrected chi connectivity index (χ3v) is 6.80. The van der Waals surface area contributed by atoms with Crippen molar-refractivity contribution in [2.24, 2.45) is 0 Å². The van der Waals surface area contributed by atoms with Gasteiger partial charge in [0.15, 0.2) is 5.43 Å². The summed E-state index contributed by atoms with van der Waals surface area (Å²) in [5.41, 5.74) is 3.99. The van der Waals surface area contributed by atoms with Crippen LogP contribution in [0.25, 0.3) is 11.0 Å². The molecular weight excluding hydrogens is 416 g/mol. The molecule has 6 nitrogen and oxygen atoms in total. The van der Waals surface area contributed by atoms with Crippen molar-refractivity contribution >= 4 is 16.9 Å². The second kappa shape index (κ2) is 9.12. The number of hydrogen-bond acceptors (Lipinski definition) is 5. The molecule has 1 unspecified atom stereocenters. The smallest absolute Gasteiger partial charge is 0.290 e. The minimum atomic E-state index is -0.427. The molecule has 0 aliphatic carbocycles. The van der Waals surface area contributed by atoms with Crippen molar-refractivity contribution in [2.45, 2.75) is 32.7 Å². The second-order valence-corrected chi connectivity index (χ2v) is 8.98. The summed E-state index contributed by atoms with van der Waals surface area (Å²) in [4.78, 5) is 31.3. The van der Waals surface area contributed by atoms with Crippen LogP contribution in [-0.4, -0.2) is 55.1 Å². The Morgan fingerprint density at radius 2 is 1.76 bits per heavy atom. The Bertz CT molecular complexity index is 1230. The van der Waals surface area contributed by atoms with Crippen molar-refractivity contribution in [1.29, 1.82) is 0 Å². The number of hydrogen-bond donors (Lipinski definition) is 0. The fraction of sp³-hybridized carbons (Fsp3) is 0.407. The van der Waals surface area contributed by atoms with Crippen LogP contribution in [0.4, 0.5) is 0 Å². The molecule has 2 aliphatic rings. The van der Waals surface area contributed by atoms with Crippen LogP contribution in [0.1, 0.15) is 52.2 Å². The molecule has 1 fully saturated rings. The van der Waals surface area contributed by atoms with Crippen molar-refractivity contribution in [3.63, 3.8) is 0 Å². The van der Waals surface area contributed by atoms with E-state index in [1.54, 1.807) is 6.07 Å². The molecule has 1 atom stereocenters. The molecule has 0 bridgehead atoms. The maximum absolute atomic E-state index is 13.6. The Morgan fingerprint density at radius 1 is 1.00 bits per heavy atom. The van der Waals surface area contributed by atoms with E-state index in [9.17, 15) is 9.59 Å². The van der Waals surface area contributed by atoms with Gasteiger partial charge in [-0.05, 0) is 43.0 Å². The molecule has 172 valence electrons. The number of benzene rings is 2. The Hall–Kier alpha value is -2.96. The summed E-state index contributed by atoms with van der Waals surface area (Å²) in [6, 6.07) is 13.4. The lowest BCUT2D eigenvalue weighted by atomic mass is 9.97. The van der Waals surface area contributed by atoms with E-state index in [1.165, 1.54) is 5.56 Å². The molecule has 5 rings (SSSR count). The van der Waals surface area contributed by atoms with Crippen molar-refractivity contribution < 1.29 is 13.9 Å². The average molecular weight is 447 g/mol. The minimum Gasteiger partial charge on any atom is -0.450 e. The van der Waals surface area contributed by atoms with Crippen LogP contribution < -0.4 is 5.43 Å². The number of carbonyl (C=O) groups is 1. The predicted molar refractivity (Wildman–Crippen MR) is 128 cm³/mol. The van der Waals surface area contributed by atoms with Gasteiger partial charge in [-0.2, -0.15) is 0 Å². The fourth-order valence-electron chi connectivity index (χ4n) is 4.94. The van der Waals surface area contributed by atoms with Crippen molar-refractivity contribution in [2.75, 3.05) is 39.4 Å². The van der Waals surface area contributed by atoms with Crippen molar-refractivity contribution in [1.82, 2.24) is 9.80 Å². The van der Waals surface area contributed by atoms with Crippen LogP contribution in [-0.2, 0) is 11.2 Å². The topological polar surface area (TPSA) is 63.0 Å².